The maximum atomic E-state index is 12.8. The topological polar surface area (TPSA) is 102 Å². The van der Waals surface area contributed by atoms with Gasteiger partial charge in [-0.15, -0.1) is 0 Å². The number of para-hydroxylation sites is 1. The Labute approximate surface area is 240 Å². The third-order valence-electron chi connectivity index (χ3n) is 7.55. The van der Waals surface area contributed by atoms with E-state index < -0.39 is 7.14 Å². The van der Waals surface area contributed by atoms with E-state index in [-0.39, 0.29) is 5.91 Å². The Kier molecular flexibility index (Phi) is 7.91. The van der Waals surface area contributed by atoms with Crippen LogP contribution in [0.5, 0.6) is 0 Å². The molecule has 5 rings (SSSR count). The first kappa shape index (κ1) is 28.1. The monoisotopic (exact) mass is 579 g/mol. The Bertz CT molecular complexity index is 1470. The van der Waals surface area contributed by atoms with Crippen LogP contribution < -0.4 is 26.2 Å². The number of nitrogens with one attached hydrogen (secondary N) is 3. The van der Waals surface area contributed by atoms with Gasteiger partial charge in [-0.25, -0.2) is 4.98 Å². The Morgan fingerprint density at radius 3 is 2.50 bits per heavy atom. The minimum Gasteiger partial charge on any atom is -0.370 e. The summed E-state index contributed by atoms with van der Waals surface area (Å²) in [5.74, 6) is 0.439. The van der Waals surface area contributed by atoms with Crippen molar-refractivity contribution in [2.45, 2.75) is 12.8 Å². The van der Waals surface area contributed by atoms with Crippen LogP contribution in [0.15, 0.2) is 61.3 Å². The minimum atomic E-state index is -2.53. The van der Waals surface area contributed by atoms with Gasteiger partial charge in [0.15, 0.2) is 5.82 Å². The molecule has 0 saturated carbocycles. The van der Waals surface area contributed by atoms with Crippen LogP contribution in [0.2, 0.25) is 5.02 Å². The summed E-state index contributed by atoms with van der Waals surface area (Å²) in [6.07, 6.45) is 5.04. The van der Waals surface area contributed by atoms with Gasteiger partial charge in [0.05, 0.1) is 23.3 Å². The summed E-state index contributed by atoms with van der Waals surface area (Å²) >= 11 is 6.41. The molecule has 1 amide bonds. The lowest BCUT2D eigenvalue weighted by Gasteiger charge is -2.53. The number of likely N-dealkylation sites (tertiary alicyclic amines) is 1. The summed E-state index contributed by atoms with van der Waals surface area (Å²) in [5.41, 5.74) is 3.48. The molecule has 2 aliphatic heterocycles. The molecule has 1 spiro atoms. The molecular formula is C29H35ClN7O2P. The lowest BCUT2D eigenvalue weighted by atomic mass is 9.72. The van der Waals surface area contributed by atoms with Crippen LogP contribution in [0.4, 0.5) is 34.5 Å². The molecule has 9 nitrogen and oxygen atoms in total. The Hall–Kier alpha value is -3.39. The number of anilines is 6. The fourth-order valence-electron chi connectivity index (χ4n) is 5.63. The van der Waals surface area contributed by atoms with Crippen molar-refractivity contribution < 1.29 is 9.36 Å². The third kappa shape index (κ3) is 6.17. The van der Waals surface area contributed by atoms with Gasteiger partial charge in [-0.1, -0.05) is 30.3 Å². The van der Waals surface area contributed by atoms with Crippen molar-refractivity contribution in [2.75, 3.05) is 67.4 Å². The van der Waals surface area contributed by atoms with Crippen LogP contribution in [-0.2, 0) is 9.36 Å². The number of hydrogen-bond donors (Lipinski definition) is 3. The van der Waals surface area contributed by atoms with Gasteiger partial charge in [-0.05, 0) is 75.0 Å². The highest BCUT2D eigenvalue weighted by Crippen LogP contribution is 2.42. The SMILES string of the molecule is C=CC(=O)Nc1cc(Nc2ncc(Cl)c(Nc3ccccc3P(C)(C)=O)n2)ccc1N1CCC2(CC1)CN(C)C2. The maximum Gasteiger partial charge on any atom is 0.247 e. The zero-order chi connectivity index (χ0) is 28.5. The fraction of sp³-hybridized carbons (Fsp3) is 0.345. The highest BCUT2D eigenvalue weighted by atomic mass is 35.5. The summed E-state index contributed by atoms with van der Waals surface area (Å²) in [4.78, 5) is 25.9. The second-order valence-corrected chi connectivity index (χ2v) is 14.7. The lowest BCUT2D eigenvalue weighted by Crippen LogP contribution is -2.58. The minimum absolute atomic E-state index is 0.274. The van der Waals surface area contributed by atoms with Gasteiger partial charge in [0.25, 0.3) is 0 Å². The highest BCUT2D eigenvalue weighted by molar-refractivity contribution is 7.70. The van der Waals surface area contributed by atoms with Crippen LogP contribution in [0, 0.1) is 5.41 Å². The van der Waals surface area contributed by atoms with E-state index in [2.05, 4.69) is 49.3 Å². The van der Waals surface area contributed by atoms with Gasteiger partial charge >= 0.3 is 0 Å². The average Bonchev–Trinajstić information content (AvgIpc) is 2.90. The van der Waals surface area contributed by atoms with Gasteiger partial charge in [0, 0.05) is 37.2 Å². The molecule has 210 valence electrons. The van der Waals surface area contributed by atoms with Crippen LogP contribution in [-0.4, -0.2) is 67.3 Å². The molecule has 3 N–H and O–H groups in total. The van der Waals surface area contributed by atoms with E-state index in [0.717, 1.165) is 44.7 Å². The highest BCUT2D eigenvalue weighted by Gasteiger charge is 2.43. The zero-order valence-electron chi connectivity index (χ0n) is 23.1. The molecule has 2 fully saturated rings. The number of carbonyl (C=O) groups is 1. The predicted molar refractivity (Wildman–Crippen MR) is 166 cm³/mol. The van der Waals surface area contributed by atoms with Crippen LogP contribution in [0.3, 0.4) is 0 Å². The van der Waals surface area contributed by atoms with Crippen molar-refractivity contribution in [3.8, 4) is 0 Å². The zero-order valence-corrected chi connectivity index (χ0v) is 24.7. The van der Waals surface area contributed by atoms with E-state index >= 15 is 0 Å². The molecule has 0 aliphatic carbocycles. The Balaban J connectivity index is 1.37. The summed E-state index contributed by atoms with van der Waals surface area (Å²) in [6.45, 7) is 11.2. The van der Waals surface area contributed by atoms with Crippen molar-refractivity contribution in [2.24, 2.45) is 5.41 Å². The van der Waals surface area contributed by atoms with Crippen LogP contribution in [0.25, 0.3) is 0 Å². The van der Waals surface area contributed by atoms with Gasteiger partial charge < -0.3 is 30.3 Å². The second-order valence-electron chi connectivity index (χ2n) is 11.1. The molecule has 0 radical (unpaired) electrons. The molecule has 2 aromatic carbocycles. The second kappa shape index (κ2) is 11.2. The number of amides is 1. The van der Waals surface area contributed by atoms with E-state index in [1.54, 1.807) is 13.3 Å². The van der Waals surface area contributed by atoms with Crippen molar-refractivity contribution >= 4 is 64.5 Å². The van der Waals surface area contributed by atoms with Crippen molar-refractivity contribution in [3.05, 3.63) is 66.3 Å². The number of piperidine rings is 1. The van der Waals surface area contributed by atoms with Crippen molar-refractivity contribution in [1.82, 2.24) is 14.9 Å². The molecule has 11 heteroatoms. The first-order valence-corrected chi connectivity index (χ1v) is 16.3. The van der Waals surface area contributed by atoms with Gasteiger partial charge in [-0.2, -0.15) is 4.98 Å². The molecule has 3 heterocycles. The van der Waals surface area contributed by atoms with Gasteiger partial charge in [0.1, 0.15) is 12.2 Å². The number of carbonyl (C=O) groups excluding carboxylic acids is 1. The van der Waals surface area contributed by atoms with Crippen molar-refractivity contribution in [3.63, 3.8) is 0 Å². The Morgan fingerprint density at radius 1 is 1.10 bits per heavy atom. The number of benzene rings is 2. The predicted octanol–water partition coefficient (Wildman–Crippen LogP) is 5.52. The van der Waals surface area contributed by atoms with E-state index in [4.69, 9.17) is 11.6 Å². The van der Waals surface area contributed by atoms with Crippen LogP contribution in [0.1, 0.15) is 12.8 Å². The number of hydrogen-bond acceptors (Lipinski definition) is 8. The quantitative estimate of drug-likeness (QED) is 0.237. The fourth-order valence-corrected chi connectivity index (χ4v) is 6.93. The molecule has 3 aromatic rings. The number of halogens is 1. The number of aromatic nitrogens is 2. The maximum absolute atomic E-state index is 12.8. The molecule has 2 aliphatic rings. The third-order valence-corrected chi connectivity index (χ3v) is 9.38. The number of nitrogens with zero attached hydrogens (tertiary/aromatic N) is 4. The van der Waals surface area contributed by atoms with Gasteiger partial charge in [0.2, 0.25) is 11.9 Å². The molecule has 0 unspecified atom stereocenters. The standard InChI is InChI=1S/C29H35ClN7O2P/c1-5-26(38)33-23-16-20(10-11-24(23)37-14-12-29(13-15-37)18-36(2)19-29)32-28-31-17-21(30)27(35-28)34-22-8-6-7-9-25(22)40(3,4)39/h5-11,16-17H,1,12-15,18-19H2,2-4H3,(H,33,38)(H2,31,32,34,35). The molecule has 1 aromatic heterocycles. The average molecular weight is 580 g/mol. The Morgan fingerprint density at radius 2 is 1.82 bits per heavy atom. The summed E-state index contributed by atoms with van der Waals surface area (Å²) in [5, 5.41) is 10.4. The van der Waals surface area contributed by atoms with Gasteiger partial charge in [-0.3, -0.25) is 4.79 Å². The normalized spacial score (nSPS) is 16.8. The van der Waals surface area contributed by atoms with Crippen LogP contribution >= 0.6 is 18.7 Å². The first-order chi connectivity index (χ1) is 19.0. The summed E-state index contributed by atoms with van der Waals surface area (Å²) < 4.78 is 12.8. The summed E-state index contributed by atoms with van der Waals surface area (Å²) in [6, 6.07) is 13.2. The van der Waals surface area contributed by atoms with E-state index in [0.29, 0.717) is 44.6 Å². The van der Waals surface area contributed by atoms with E-state index in [1.807, 2.05) is 42.5 Å². The molecular weight excluding hydrogens is 545 g/mol. The first-order valence-electron chi connectivity index (χ1n) is 13.3. The number of rotatable bonds is 8. The van der Waals surface area contributed by atoms with E-state index in [9.17, 15) is 9.36 Å². The van der Waals surface area contributed by atoms with Crippen molar-refractivity contribution in [1.29, 1.82) is 0 Å². The largest absolute Gasteiger partial charge is 0.370 e. The molecule has 40 heavy (non-hydrogen) atoms. The lowest BCUT2D eigenvalue weighted by molar-refractivity contribution is -0.111. The molecule has 0 atom stereocenters. The molecule has 2 saturated heterocycles. The summed E-state index contributed by atoms with van der Waals surface area (Å²) in [7, 11) is -0.362. The molecule has 0 bridgehead atoms. The van der Waals surface area contributed by atoms with E-state index in [1.165, 1.54) is 12.3 Å². The smallest absolute Gasteiger partial charge is 0.247 e.